The summed E-state index contributed by atoms with van der Waals surface area (Å²) in [6.45, 7) is 7.60. The van der Waals surface area contributed by atoms with Crippen LogP contribution in [0.1, 0.15) is 39.5 Å². The van der Waals surface area contributed by atoms with Crippen LogP contribution < -0.4 is 11.2 Å². The van der Waals surface area contributed by atoms with Gasteiger partial charge in [-0.2, -0.15) is 0 Å². The van der Waals surface area contributed by atoms with Crippen molar-refractivity contribution in [2.45, 2.75) is 57.2 Å². The lowest BCUT2D eigenvalue weighted by atomic mass is 9.96. The molecule has 100 valence electrons. The minimum atomic E-state index is 0.106. The zero-order chi connectivity index (χ0) is 12.5. The van der Waals surface area contributed by atoms with Gasteiger partial charge in [0.1, 0.15) is 0 Å². The Morgan fingerprint density at radius 3 is 2.41 bits per heavy atom. The molecule has 2 aliphatic rings. The first kappa shape index (κ1) is 13.3. The number of nitrogens with one attached hydrogen (secondary N) is 1. The highest BCUT2D eigenvalue weighted by Crippen LogP contribution is 2.25. The molecule has 0 aromatic rings. The average Bonchev–Trinajstić information content (AvgIpc) is 2.67. The van der Waals surface area contributed by atoms with E-state index in [4.69, 9.17) is 5.73 Å². The Balaban J connectivity index is 2.02. The molecule has 0 spiro atoms. The molecule has 2 heterocycles. The smallest absolute Gasteiger partial charge is 0.0586 e. The van der Waals surface area contributed by atoms with Gasteiger partial charge in [-0.05, 0) is 46.7 Å². The minimum absolute atomic E-state index is 0.106. The van der Waals surface area contributed by atoms with E-state index in [-0.39, 0.29) is 5.54 Å². The molecular weight excluding hydrogens is 212 g/mol. The highest BCUT2D eigenvalue weighted by Gasteiger charge is 2.39. The number of hydrogen-bond acceptors (Lipinski definition) is 4. The topological polar surface area (TPSA) is 44.5 Å². The van der Waals surface area contributed by atoms with Gasteiger partial charge in [0.25, 0.3) is 0 Å². The lowest BCUT2D eigenvalue weighted by Gasteiger charge is -2.45. The van der Waals surface area contributed by atoms with Gasteiger partial charge in [0.05, 0.1) is 5.54 Å². The molecule has 17 heavy (non-hydrogen) atoms. The number of rotatable bonds is 3. The van der Waals surface area contributed by atoms with Crippen LogP contribution in [0, 0.1) is 0 Å². The van der Waals surface area contributed by atoms with E-state index < -0.39 is 0 Å². The Morgan fingerprint density at radius 2 is 1.94 bits per heavy atom. The molecule has 3 atom stereocenters. The van der Waals surface area contributed by atoms with Crippen LogP contribution in [0.4, 0.5) is 0 Å². The van der Waals surface area contributed by atoms with Crippen molar-refractivity contribution in [3.63, 3.8) is 0 Å². The van der Waals surface area contributed by atoms with Gasteiger partial charge in [0.2, 0.25) is 0 Å². The van der Waals surface area contributed by atoms with Gasteiger partial charge in [0, 0.05) is 25.2 Å². The first-order valence-electron chi connectivity index (χ1n) is 7.01. The first-order chi connectivity index (χ1) is 8.06. The highest BCUT2D eigenvalue weighted by atomic mass is 15.6. The lowest BCUT2D eigenvalue weighted by molar-refractivity contribution is 0.00477. The summed E-state index contributed by atoms with van der Waals surface area (Å²) in [4.78, 5) is 2.37. The van der Waals surface area contributed by atoms with E-state index in [1.807, 2.05) is 0 Å². The fourth-order valence-electron chi connectivity index (χ4n) is 3.30. The molecule has 3 N–H and O–H groups in total. The van der Waals surface area contributed by atoms with Gasteiger partial charge >= 0.3 is 0 Å². The molecule has 4 heteroatoms. The second-order valence-electron chi connectivity index (χ2n) is 6.12. The molecular formula is C13H28N4. The van der Waals surface area contributed by atoms with E-state index in [0.717, 1.165) is 26.1 Å². The van der Waals surface area contributed by atoms with Gasteiger partial charge in [-0.15, -0.1) is 0 Å². The molecule has 0 aromatic heterocycles. The summed E-state index contributed by atoms with van der Waals surface area (Å²) in [5, 5.41) is 2.47. The fourth-order valence-corrected chi connectivity index (χ4v) is 3.30. The molecule has 3 unspecified atom stereocenters. The van der Waals surface area contributed by atoms with Crippen molar-refractivity contribution < 1.29 is 0 Å². The summed E-state index contributed by atoms with van der Waals surface area (Å²) >= 11 is 0. The number of likely N-dealkylation sites (tertiary alicyclic amines) is 1. The van der Waals surface area contributed by atoms with Crippen LogP contribution in [0.25, 0.3) is 0 Å². The summed E-state index contributed by atoms with van der Waals surface area (Å²) in [5.74, 6) is 0. The predicted octanol–water partition coefficient (Wildman–Crippen LogP) is 0.787. The maximum Gasteiger partial charge on any atom is 0.0586 e. The van der Waals surface area contributed by atoms with Crippen molar-refractivity contribution in [1.29, 1.82) is 0 Å². The summed E-state index contributed by atoms with van der Waals surface area (Å²) < 4.78 is 0. The maximum absolute atomic E-state index is 6.02. The molecule has 0 amide bonds. The molecule has 0 aromatic carbocycles. The van der Waals surface area contributed by atoms with Crippen molar-refractivity contribution in [2.24, 2.45) is 5.73 Å². The van der Waals surface area contributed by atoms with Crippen molar-refractivity contribution in [1.82, 2.24) is 15.3 Å². The SMILES string of the molecule is CC1CCCC(C)N1NC1(CN)CCN(C)C1. The Kier molecular flexibility index (Phi) is 4.08. The minimum Gasteiger partial charge on any atom is -0.329 e. The van der Waals surface area contributed by atoms with E-state index in [2.05, 4.69) is 36.2 Å². The van der Waals surface area contributed by atoms with Crippen LogP contribution >= 0.6 is 0 Å². The van der Waals surface area contributed by atoms with Crippen LogP contribution in [0.3, 0.4) is 0 Å². The zero-order valence-corrected chi connectivity index (χ0v) is 11.6. The van der Waals surface area contributed by atoms with Gasteiger partial charge in [-0.25, -0.2) is 10.4 Å². The van der Waals surface area contributed by atoms with Gasteiger partial charge in [-0.1, -0.05) is 6.42 Å². The summed E-state index contributed by atoms with van der Waals surface area (Å²) in [6, 6.07) is 1.26. The molecule has 4 nitrogen and oxygen atoms in total. The normalized spacial score (nSPS) is 40.9. The third kappa shape index (κ3) is 2.81. The molecule has 2 rings (SSSR count). The Labute approximate surface area is 105 Å². The second kappa shape index (κ2) is 5.22. The number of hydrogen-bond donors (Lipinski definition) is 2. The van der Waals surface area contributed by atoms with Crippen LogP contribution in [0.15, 0.2) is 0 Å². The van der Waals surface area contributed by atoms with Crippen molar-refractivity contribution in [3.8, 4) is 0 Å². The Morgan fingerprint density at radius 1 is 1.29 bits per heavy atom. The monoisotopic (exact) mass is 240 g/mol. The summed E-state index contributed by atoms with van der Waals surface area (Å²) in [7, 11) is 2.18. The molecule has 2 aliphatic heterocycles. The van der Waals surface area contributed by atoms with Crippen LogP contribution in [0.2, 0.25) is 0 Å². The third-order valence-corrected chi connectivity index (χ3v) is 4.50. The van der Waals surface area contributed by atoms with Crippen molar-refractivity contribution in [3.05, 3.63) is 0 Å². The second-order valence-corrected chi connectivity index (χ2v) is 6.12. The number of nitrogens with zero attached hydrogens (tertiary/aromatic N) is 2. The lowest BCUT2D eigenvalue weighted by Crippen LogP contribution is -2.64. The van der Waals surface area contributed by atoms with E-state index >= 15 is 0 Å². The van der Waals surface area contributed by atoms with E-state index in [1.54, 1.807) is 0 Å². The van der Waals surface area contributed by atoms with Crippen molar-refractivity contribution >= 4 is 0 Å². The Hall–Kier alpha value is -0.160. The molecule has 0 bridgehead atoms. The number of likely N-dealkylation sites (N-methyl/N-ethyl adjacent to an activating group) is 1. The third-order valence-electron chi connectivity index (χ3n) is 4.50. The largest absolute Gasteiger partial charge is 0.329 e. The summed E-state index contributed by atoms with van der Waals surface area (Å²) in [5.41, 5.74) is 9.91. The van der Waals surface area contributed by atoms with Gasteiger partial charge in [0.15, 0.2) is 0 Å². The molecule has 0 radical (unpaired) electrons. The Bertz CT molecular complexity index is 248. The van der Waals surface area contributed by atoms with Crippen LogP contribution in [-0.2, 0) is 0 Å². The van der Waals surface area contributed by atoms with Crippen molar-refractivity contribution in [2.75, 3.05) is 26.7 Å². The number of nitrogens with two attached hydrogens (primary N) is 1. The molecule has 0 saturated carbocycles. The highest BCUT2D eigenvalue weighted by molar-refractivity contribution is 4.98. The standard InChI is InChI=1S/C13H28N4/c1-11-5-4-6-12(2)17(11)15-13(9-14)7-8-16(3)10-13/h11-12,15H,4-10,14H2,1-3H3. The van der Waals surface area contributed by atoms with E-state index in [0.29, 0.717) is 12.1 Å². The van der Waals surface area contributed by atoms with Crippen LogP contribution in [-0.4, -0.2) is 54.2 Å². The molecule has 0 aliphatic carbocycles. The molecule has 2 saturated heterocycles. The number of hydrazine groups is 1. The molecule has 2 fully saturated rings. The first-order valence-corrected chi connectivity index (χ1v) is 7.01. The predicted molar refractivity (Wildman–Crippen MR) is 71.6 cm³/mol. The maximum atomic E-state index is 6.02. The quantitative estimate of drug-likeness (QED) is 0.765. The zero-order valence-electron chi connectivity index (χ0n) is 11.6. The van der Waals surface area contributed by atoms with Crippen LogP contribution in [0.5, 0.6) is 0 Å². The van der Waals surface area contributed by atoms with Gasteiger partial charge in [-0.3, -0.25) is 0 Å². The van der Waals surface area contributed by atoms with E-state index in [1.165, 1.54) is 19.3 Å². The summed E-state index contributed by atoms with van der Waals surface area (Å²) in [6.07, 6.45) is 5.12. The van der Waals surface area contributed by atoms with Gasteiger partial charge < -0.3 is 10.6 Å². The van der Waals surface area contributed by atoms with E-state index in [9.17, 15) is 0 Å². The fraction of sp³-hybridized carbons (Fsp3) is 1.00. The average molecular weight is 240 g/mol. The number of piperidine rings is 1.